The van der Waals surface area contributed by atoms with Gasteiger partial charge in [-0.25, -0.2) is 17.5 Å². The molecule has 0 bridgehead atoms. The number of benzene rings is 1. The lowest BCUT2D eigenvalue weighted by atomic mass is 9.84. The van der Waals surface area contributed by atoms with Gasteiger partial charge in [-0.15, -0.1) is 0 Å². The molecule has 1 aromatic carbocycles. The smallest absolute Gasteiger partial charge is 0.210 e. The van der Waals surface area contributed by atoms with Crippen LogP contribution in [0.1, 0.15) is 19.3 Å². The standard InChI is InChI=1S/C12H16FNO2S2/c1-17-12(7-4-8-12)9-14-18(15,16)11-6-3-2-5-10(11)13/h2-3,5-6,14H,4,7-9H2,1H3. The van der Waals surface area contributed by atoms with E-state index in [2.05, 4.69) is 4.72 Å². The van der Waals surface area contributed by atoms with E-state index in [-0.39, 0.29) is 9.64 Å². The van der Waals surface area contributed by atoms with Crippen LogP contribution in [0.4, 0.5) is 4.39 Å². The van der Waals surface area contributed by atoms with Crippen molar-refractivity contribution in [2.75, 3.05) is 12.8 Å². The summed E-state index contributed by atoms with van der Waals surface area (Å²) in [5.41, 5.74) is 0. The Kier molecular flexibility index (Phi) is 3.99. The maximum absolute atomic E-state index is 13.5. The molecule has 1 aliphatic carbocycles. The molecule has 100 valence electrons. The first-order chi connectivity index (χ1) is 8.49. The molecule has 1 N–H and O–H groups in total. The number of thioether (sulfide) groups is 1. The van der Waals surface area contributed by atoms with Crippen molar-refractivity contribution in [1.29, 1.82) is 0 Å². The van der Waals surface area contributed by atoms with Crippen molar-refractivity contribution in [2.45, 2.75) is 28.9 Å². The van der Waals surface area contributed by atoms with Crippen molar-refractivity contribution in [1.82, 2.24) is 4.72 Å². The van der Waals surface area contributed by atoms with Crippen LogP contribution >= 0.6 is 11.8 Å². The van der Waals surface area contributed by atoms with Gasteiger partial charge in [0.2, 0.25) is 10.0 Å². The molecular weight excluding hydrogens is 273 g/mol. The highest BCUT2D eigenvalue weighted by atomic mass is 32.2. The van der Waals surface area contributed by atoms with E-state index in [0.717, 1.165) is 25.3 Å². The SMILES string of the molecule is CSC1(CNS(=O)(=O)c2ccccc2F)CCC1. The van der Waals surface area contributed by atoms with Crippen molar-refractivity contribution in [3.63, 3.8) is 0 Å². The normalized spacial score (nSPS) is 18.3. The number of hydrogen-bond acceptors (Lipinski definition) is 3. The zero-order chi connectivity index (χ0) is 13.2. The molecule has 1 aromatic rings. The monoisotopic (exact) mass is 289 g/mol. The molecule has 18 heavy (non-hydrogen) atoms. The predicted molar refractivity (Wildman–Crippen MR) is 71.7 cm³/mol. The zero-order valence-corrected chi connectivity index (χ0v) is 11.8. The molecule has 0 atom stereocenters. The molecule has 0 heterocycles. The first-order valence-electron chi connectivity index (χ1n) is 5.78. The van der Waals surface area contributed by atoms with Gasteiger partial charge in [0.15, 0.2) is 0 Å². The second-order valence-corrected chi connectivity index (χ2v) is 7.51. The molecular formula is C12H16FNO2S2. The fourth-order valence-electron chi connectivity index (χ4n) is 1.99. The molecule has 0 spiro atoms. The van der Waals surface area contributed by atoms with Crippen LogP contribution in [0.25, 0.3) is 0 Å². The van der Waals surface area contributed by atoms with Crippen molar-refractivity contribution >= 4 is 21.8 Å². The molecule has 3 nitrogen and oxygen atoms in total. The van der Waals surface area contributed by atoms with Gasteiger partial charge in [-0.1, -0.05) is 18.6 Å². The summed E-state index contributed by atoms with van der Waals surface area (Å²) in [6, 6.07) is 5.43. The molecule has 0 saturated heterocycles. The Hall–Kier alpha value is -0.590. The molecule has 1 saturated carbocycles. The Morgan fingerprint density at radius 1 is 1.39 bits per heavy atom. The third kappa shape index (κ3) is 2.70. The fourth-order valence-corrected chi connectivity index (χ4v) is 4.20. The van der Waals surface area contributed by atoms with Crippen LogP contribution in [-0.4, -0.2) is 26.0 Å². The van der Waals surface area contributed by atoms with Crippen molar-refractivity contribution in [3.8, 4) is 0 Å². The Bertz CT molecular complexity index is 521. The van der Waals surface area contributed by atoms with E-state index < -0.39 is 15.8 Å². The Morgan fingerprint density at radius 3 is 2.56 bits per heavy atom. The number of nitrogens with one attached hydrogen (secondary N) is 1. The van der Waals surface area contributed by atoms with E-state index >= 15 is 0 Å². The molecule has 0 unspecified atom stereocenters. The average Bonchev–Trinajstić information content (AvgIpc) is 2.28. The number of hydrogen-bond donors (Lipinski definition) is 1. The second-order valence-electron chi connectivity index (χ2n) is 4.50. The minimum atomic E-state index is -3.75. The minimum absolute atomic E-state index is 0.00166. The lowest BCUT2D eigenvalue weighted by Gasteiger charge is -2.40. The number of rotatable bonds is 5. The Morgan fingerprint density at radius 2 is 2.06 bits per heavy atom. The lowest BCUT2D eigenvalue weighted by molar-refractivity contribution is 0.361. The third-order valence-corrected chi connectivity index (χ3v) is 6.26. The van der Waals surface area contributed by atoms with Crippen LogP contribution < -0.4 is 4.72 Å². The summed E-state index contributed by atoms with van der Waals surface area (Å²) in [5.74, 6) is -0.711. The van der Waals surface area contributed by atoms with Crippen molar-refractivity contribution in [2.24, 2.45) is 0 Å². The van der Waals surface area contributed by atoms with E-state index in [1.54, 1.807) is 11.8 Å². The summed E-state index contributed by atoms with van der Waals surface area (Å²) in [6.07, 6.45) is 5.13. The zero-order valence-electron chi connectivity index (χ0n) is 10.1. The van der Waals surface area contributed by atoms with Crippen LogP contribution in [0, 0.1) is 5.82 Å². The molecule has 0 radical (unpaired) electrons. The van der Waals surface area contributed by atoms with Crippen LogP contribution in [0.2, 0.25) is 0 Å². The molecule has 0 aliphatic heterocycles. The minimum Gasteiger partial charge on any atom is -0.210 e. The molecule has 1 aliphatic rings. The summed E-state index contributed by atoms with van der Waals surface area (Å²) in [7, 11) is -3.75. The van der Waals surface area contributed by atoms with Gasteiger partial charge in [0.05, 0.1) is 0 Å². The van der Waals surface area contributed by atoms with Gasteiger partial charge in [-0.2, -0.15) is 11.8 Å². The van der Waals surface area contributed by atoms with Crippen molar-refractivity contribution in [3.05, 3.63) is 30.1 Å². The van der Waals surface area contributed by atoms with E-state index in [0.29, 0.717) is 6.54 Å². The van der Waals surface area contributed by atoms with E-state index in [1.807, 2.05) is 6.26 Å². The summed E-state index contributed by atoms with van der Waals surface area (Å²) in [6.45, 7) is 0.366. The lowest BCUT2D eigenvalue weighted by Crippen LogP contribution is -2.45. The van der Waals surface area contributed by atoms with Gasteiger partial charge in [0.1, 0.15) is 10.7 Å². The highest BCUT2D eigenvalue weighted by Gasteiger charge is 2.37. The van der Waals surface area contributed by atoms with Crippen LogP contribution in [0.15, 0.2) is 29.2 Å². The van der Waals surface area contributed by atoms with Gasteiger partial charge in [-0.05, 0) is 31.2 Å². The van der Waals surface area contributed by atoms with Crippen LogP contribution in [0.5, 0.6) is 0 Å². The fraction of sp³-hybridized carbons (Fsp3) is 0.500. The van der Waals surface area contributed by atoms with Gasteiger partial charge >= 0.3 is 0 Å². The molecule has 0 amide bonds. The predicted octanol–water partition coefficient (Wildman–Crippen LogP) is 2.39. The molecule has 2 rings (SSSR count). The second kappa shape index (κ2) is 5.19. The number of halogens is 1. The molecule has 6 heteroatoms. The Balaban J connectivity index is 2.11. The van der Waals surface area contributed by atoms with Crippen LogP contribution in [0.3, 0.4) is 0 Å². The topological polar surface area (TPSA) is 46.2 Å². The van der Waals surface area contributed by atoms with Crippen molar-refractivity contribution < 1.29 is 12.8 Å². The summed E-state index contributed by atoms with van der Waals surface area (Å²) in [5, 5.41) is 0. The summed E-state index contributed by atoms with van der Waals surface area (Å²) < 4.78 is 40.0. The van der Waals surface area contributed by atoms with E-state index in [4.69, 9.17) is 0 Å². The summed E-state index contributed by atoms with van der Waals surface area (Å²) >= 11 is 1.68. The Labute approximate surface area is 111 Å². The highest BCUT2D eigenvalue weighted by Crippen LogP contribution is 2.42. The first kappa shape index (κ1) is 13.8. The largest absolute Gasteiger partial charge is 0.243 e. The van der Waals surface area contributed by atoms with Crippen LogP contribution in [-0.2, 0) is 10.0 Å². The molecule has 0 aromatic heterocycles. The highest BCUT2D eigenvalue weighted by molar-refractivity contribution is 8.00. The number of sulfonamides is 1. The average molecular weight is 289 g/mol. The van der Waals surface area contributed by atoms with Gasteiger partial charge in [-0.3, -0.25) is 0 Å². The first-order valence-corrected chi connectivity index (χ1v) is 8.49. The summed E-state index contributed by atoms with van der Waals surface area (Å²) in [4.78, 5) is -0.277. The van der Waals surface area contributed by atoms with Gasteiger partial charge < -0.3 is 0 Å². The van der Waals surface area contributed by atoms with Gasteiger partial charge in [0, 0.05) is 11.3 Å². The van der Waals surface area contributed by atoms with E-state index in [1.165, 1.54) is 18.2 Å². The quantitative estimate of drug-likeness (QED) is 0.905. The van der Waals surface area contributed by atoms with E-state index in [9.17, 15) is 12.8 Å². The maximum atomic E-state index is 13.5. The third-order valence-electron chi connectivity index (χ3n) is 3.41. The molecule has 1 fully saturated rings. The van der Waals surface area contributed by atoms with Gasteiger partial charge in [0.25, 0.3) is 0 Å². The maximum Gasteiger partial charge on any atom is 0.243 e.